The predicted octanol–water partition coefficient (Wildman–Crippen LogP) is 6.05. The molecule has 8 heteroatoms. The maximum Gasteiger partial charge on any atom is 0.337 e. The summed E-state index contributed by atoms with van der Waals surface area (Å²) >= 11 is 0. The number of hydrogen-bond acceptors (Lipinski definition) is 7. The van der Waals surface area contributed by atoms with Crippen LogP contribution in [0, 0.1) is 10.1 Å². The molecule has 0 bridgehead atoms. The fraction of sp³-hybridized carbons (Fsp3) is 0.0400. The number of rotatable bonds is 8. The first-order valence-corrected chi connectivity index (χ1v) is 10.1. The largest absolute Gasteiger partial charge is 0.497 e. The van der Waals surface area contributed by atoms with E-state index in [0.717, 1.165) is 17.0 Å². The van der Waals surface area contributed by atoms with Gasteiger partial charge >= 0.3 is 5.69 Å². The van der Waals surface area contributed by atoms with E-state index < -0.39 is 4.92 Å². The first kappa shape index (κ1) is 21.5. The summed E-state index contributed by atoms with van der Waals surface area (Å²) in [5, 5.41) is 18.2. The van der Waals surface area contributed by atoms with Crippen LogP contribution in [0.1, 0.15) is 11.3 Å². The number of nitrogens with one attached hydrogen (secondary N) is 2. The van der Waals surface area contributed by atoms with Crippen LogP contribution in [-0.4, -0.2) is 22.0 Å². The average Bonchev–Trinajstić information content (AvgIpc) is 2.84. The van der Waals surface area contributed by atoms with Crippen LogP contribution in [0.3, 0.4) is 0 Å². The summed E-state index contributed by atoms with van der Waals surface area (Å²) < 4.78 is 5.18. The average molecular weight is 439 g/mol. The fourth-order valence-corrected chi connectivity index (χ4v) is 3.11. The van der Waals surface area contributed by atoms with Crippen LogP contribution in [0.4, 0.5) is 28.8 Å². The van der Waals surface area contributed by atoms with Crippen molar-refractivity contribution in [1.29, 1.82) is 0 Å². The predicted molar refractivity (Wildman–Crippen MR) is 130 cm³/mol. The molecule has 1 aromatic heterocycles. The van der Waals surface area contributed by atoms with Gasteiger partial charge in [-0.15, -0.1) is 0 Å². The van der Waals surface area contributed by atoms with Gasteiger partial charge in [0.25, 0.3) is 0 Å². The van der Waals surface area contributed by atoms with Crippen molar-refractivity contribution in [2.75, 3.05) is 17.7 Å². The zero-order chi connectivity index (χ0) is 23.0. The van der Waals surface area contributed by atoms with Crippen molar-refractivity contribution >= 4 is 41.0 Å². The first-order valence-electron chi connectivity index (χ1n) is 10.1. The van der Waals surface area contributed by atoms with Gasteiger partial charge in [-0.25, -0.2) is 4.98 Å². The van der Waals surface area contributed by atoms with Crippen molar-refractivity contribution < 1.29 is 9.66 Å². The van der Waals surface area contributed by atoms with Gasteiger partial charge in [0, 0.05) is 11.4 Å². The molecule has 0 aliphatic carbocycles. The highest BCUT2D eigenvalue weighted by molar-refractivity contribution is 5.79. The Hall–Kier alpha value is -4.72. The Morgan fingerprint density at radius 1 is 0.818 bits per heavy atom. The Morgan fingerprint density at radius 3 is 2.00 bits per heavy atom. The highest BCUT2D eigenvalue weighted by Crippen LogP contribution is 2.32. The molecule has 0 saturated heterocycles. The summed E-state index contributed by atoms with van der Waals surface area (Å²) in [6.45, 7) is 0. The van der Waals surface area contributed by atoms with E-state index in [1.54, 1.807) is 19.3 Å². The van der Waals surface area contributed by atoms with Crippen LogP contribution in [0.25, 0.3) is 12.2 Å². The van der Waals surface area contributed by atoms with Gasteiger partial charge in [-0.05, 0) is 48.0 Å². The molecule has 33 heavy (non-hydrogen) atoms. The molecule has 4 aromatic rings. The Bertz CT molecular complexity index is 1260. The van der Waals surface area contributed by atoms with Crippen LogP contribution in [0.5, 0.6) is 5.75 Å². The number of para-hydroxylation sites is 2. The molecule has 0 fully saturated rings. The van der Waals surface area contributed by atoms with Crippen LogP contribution in [0.15, 0.2) is 84.9 Å². The lowest BCUT2D eigenvalue weighted by Crippen LogP contribution is -2.07. The van der Waals surface area contributed by atoms with Crippen molar-refractivity contribution in [1.82, 2.24) is 9.97 Å². The van der Waals surface area contributed by atoms with E-state index in [0.29, 0.717) is 5.69 Å². The number of aromatic nitrogens is 2. The van der Waals surface area contributed by atoms with Crippen molar-refractivity contribution in [3.8, 4) is 5.75 Å². The molecule has 0 aliphatic rings. The zero-order valence-electron chi connectivity index (χ0n) is 17.8. The Balaban J connectivity index is 1.77. The number of benzene rings is 3. The summed E-state index contributed by atoms with van der Waals surface area (Å²) in [6, 6.07) is 25.9. The molecule has 1 heterocycles. The van der Waals surface area contributed by atoms with Crippen molar-refractivity contribution in [2.24, 2.45) is 0 Å². The molecule has 2 N–H and O–H groups in total. The number of anilines is 4. The van der Waals surface area contributed by atoms with Gasteiger partial charge in [-0.3, -0.25) is 10.1 Å². The second kappa shape index (κ2) is 10.1. The SMILES string of the molecule is COc1ccc(/C=C/c2nc(Nc3ccccc3)nc(Nc3ccccc3)c2[N+](=O)[O-])cc1. The first-order chi connectivity index (χ1) is 16.1. The van der Waals surface area contributed by atoms with E-state index in [4.69, 9.17) is 4.74 Å². The minimum absolute atomic E-state index is 0.0917. The summed E-state index contributed by atoms with van der Waals surface area (Å²) in [6.07, 6.45) is 3.36. The molecule has 4 rings (SSSR count). The molecule has 3 aromatic carbocycles. The van der Waals surface area contributed by atoms with E-state index in [1.165, 1.54) is 0 Å². The summed E-state index contributed by atoms with van der Waals surface area (Å²) in [7, 11) is 1.59. The fourth-order valence-electron chi connectivity index (χ4n) is 3.11. The highest BCUT2D eigenvalue weighted by Gasteiger charge is 2.24. The Labute approximate surface area is 190 Å². The standard InChI is InChI=1S/C25H21N5O3/c1-33-21-15-12-18(13-16-21)14-17-22-23(30(31)32)24(26-19-8-4-2-5-9-19)29-25(28-22)27-20-10-6-3-7-11-20/h2-17H,1H3,(H2,26,27,28,29)/b17-14+. The Kier molecular flexibility index (Phi) is 6.56. The lowest BCUT2D eigenvalue weighted by Gasteiger charge is -2.11. The number of hydrogen-bond donors (Lipinski definition) is 2. The minimum Gasteiger partial charge on any atom is -0.497 e. The van der Waals surface area contributed by atoms with Crippen LogP contribution in [-0.2, 0) is 0 Å². The number of nitro groups is 1. The second-order valence-corrected chi connectivity index (χ2v) is 6.98. The lowest BCUT2D eigenvalue weighted by atomic mass is 10.2. The van der Waals surface area contributed by atoms with Gasteiger partial charge in [0.2, 0.25) is 11.8 Å². The smallest absolute Gasteiger partial charge is 0.337 e. The van der Waals surface area contributed by atoms with Gasteiger partial charge in [0.1, 0.15) is 11.4 Å². The van der Waals surface area contributed by atoms with Crippen LogP contribution >= 0.6 is 0 Å². The quantitative estimate of drug-likeness (QED) is 0.254. The monoisotopic (exact) mass is 439 g/mol. The van der Waals surface area contributed by atoms with E-state index >= 15 is 0 Å². The summed E-state index contributed by atoms with van der Waals surface area (Å²) in [5.41, 5.74) is 2.24. The second-order valence-electron chi connectivity index (χ2n) is 6.98. The molecule has 0 radical (unpaired) electrons. The molecule has 0 atom stereocenters. The zero-order valence-corrected chi connectivity index (χ0v) is 17.8. The topological polar surface area (TPSA) is 102 Å². The molecule has 8 nitrogen and oxygen atoms in total. The van der Waals surface area contributed by atoms with Crippen LogP contribution in [0.2, 0.25) is 0 Å². The maximum absolute atomic E-state index is 12.0. The van der Waals surface area contributed by atoms with Crippen molar-refractivity contribution in [2.45, 2.75) is 0 Å². The van der Waals surface area contributed by atoms with Crippen LogP contribution < -0.4 is 15.4 Å². The van der Waals surface area contributed by atoms with Crippen molar-refractivity contribution in [3.05, 3.63) is 106 Å². The molecule has 164 valence electrons. The number of ether oxygens (including phenoxy) is 1. The van der Waals surface area contributed by atoms with Gasteiger partial charge in [-0.1, -0.05) is 54.6 Å². The van der Waals surface area contributed by atoms with Gasteiger partial charge in [0.05, 0.1) is 12.0 Å². The normalized spacial score (nSPS) is 10.7. The lowest BCUT2D eigenvalue weighted by molar-refractivity contribution is -0.384. The number of nitrogens with zero attached hydrogens (tertiary/aromatic N) is 3. The maximum atomic E-state index is 12.0. The molecule has 0 spiro atoms. The number of methoxy groups -OCH3 is 1. The van der Waals surface area contributed by atoms with Gasteiger partial charge in [0.15, 0.2) is 0 Å². The highest BCUT2D eigenvalue weighted by atomic mass is 16.6. The molecule has 0 amide bonds. The van der Waals surface area contributed by atoms with Gasteiger partial charge in [-0.2, -0.15) is 4.98 Å². The Morgan fingerprint density at radius 2 is 1.42 bits per heavy atom. The van der Waals surface area contributed by atoms with Gasteiger partial charge < -0.3 is 15.4 Å². The molecule has 0 aliphatic heterocycles. The van der Waals surface area contributed by atoms with E-state index in [1.807, 2.05) is 84.9 Å². The molecular formula is C25H21N5O3. The third-order valence-electron chi connectivity index (χ3n) is 4.71. The summed E-state index contributed by atoms with van der Waals surface area (Å²) in [4.78, 5) is 20.4. The minimum atomic E-state index is -0.481. The van der Waals surface area contributed by atoms with E-state index in [-0.39, 0.29) is 23.1 Å². The van der Waals surface area contributed by atoms with E-state index in [2.05, 4.69) is 20.6 Å². The third kappa shape index (κ3) is 5.50. The van der Waals surface area contributed by atoms with Crippen molar-refractivity contribution in [3.63, 3.8) is 0 Å². The molecule has 0 unspecified atom stereocenters. The van der Waals surface area contributed by atoms with E-state index in [9.17, 15) is 10.1 Å². The third-order valence-corrected chi connectivity index (χ3v) is 4.71. The molecular weight excluding hydrogens is 418 g/mol. The molecule has 0 saturated carbocycles. The summed E-state index contributed by atoms with van der Waals surface area (Å²) in [5.74, 6) is 1.05.